The van der Waals surface area contributed by atoms with Crippen LogP contribution in [-0.2, 0) is 6.18 Å². The molecule has 1 aromatic carbocycles. The molecule has 1 aromatic rings. The van der Waals surface area contributed by atoms with Crippen molar-refractivity contribution in [1.29, 1.82) is 0 Å². The Morgan fingerprint density at radius 3 is 2.53 bits per heavy atom. The predicted octanol–water partition coefficient (Wildman–Crippen LogP) is 3.37. The van der Waals surface area contributed by atoms with E-state index in [1.54, 1.807) is 0 Å². The lowest BCUT2D eigenvalue weighted by Gasteiger charge is -2.25. The molecule has 1 fully saturated rings. The van der Waals surface area contributed by atoms with Crippen LogP contribution in [0.1, 0.15) is 35.2 Å². The van der Waals surface area contributed by atoms with Crippen LogP contribution >= 0.6 is 0 Å². The van der Waals surface area contributed by atoms with Crippen molar-refractivity contribution in [2.24, 2.45) is 5.92 Å². The topological polar surface area (TPSA) is 29.1 Å². The summed E-state index contributed by atoms with van der Waals surface area (Å²) >= 11 is 0. The molecule has 0 bridgehead atoms. The Morgan fingerprint density at radius 2 is 2.00 bits per heavy atom. The van der Waals surface area contributed by atoms with Gasteiger partial charge >= 0.3 is 6.18 Å². The Labute approximate surface area is 107 Å². The third kappa shape index (κ3) is 3.24. The van der Waals surface area contributed by atoms with Gasteiger partial charge in [0.25, 0.3) is 5.91 Å². The fourth-order valence-electron chi connectivity index (χ4n) is 1.92. The van der Waals surface area contributed by atoms with E-state index in [1.165, 1.54) is 0 Å². The summed E-state index contributed by atoms with van der Waals surface area (Å²) < 4.78 is 50.5. The summed E-state index contributed by atoms with van der Waals surface area (Å²) in [6, 6.07) is 2.27. The molecule has 1 N–H and O–H groups in total. The Kier molecular flexibility index (Phi) is 3.78. The molecule has 0 aromatic heterocycles. The minimum absolute atomic E-state index is 0.173. The number of alkyl halides is 3. The van der Waals surface area contributed by atoms with E-state index in [4.69, 9.17) is 0 Å². The summed E-state index contributed by atoms with van der Waals surface area (Å²) in [5.74, 6) is -1.56. The van der Waals surface area contributed by atoms with Gasteiger partial charge in [0.2, 0.25) is 0 Å². The fourth-order valence-corrected chi connectivity index (χ4v) is 1.92. The molecule has 1 amide bonds. The number of hydrogen-bond acceptors (Lipinski definition) is 1. The van der Waals surface area contributed by atoms with E-state index in [2.05, 4.69) is 5.32 Å². The van der Waals surface area contributed by atoms with E-state index in [9.17, 15) is 22.4 Å². The zero-order valence-electron chi connectivity index (χ0n) is 10.1. The minimum Gasteiger partial charge on any atom is -0.352 e. The minimum atomic E-state index is -4.80. The van der Waals surface area contributed by atoms with E-state index in [0.29, 0.717) is 24.6 Å². The predicted molar refractivity (Wildman–Crippen MR) is 61.1 cm³/mol. The van der Waals surface area contributed by atoms with Crippen LogP contribution in [0.5, 0.6) is 0 Å². The normalized spacial score (nSPS) is 16.0. The zero-order chi connectivity index (χ0) is 14.0. The number of rotatable bonds is 3. The van der Waals surface area contributed by atoms with Gasteiger partial charge in [-0.1, -0.05) is 6.42 Å². The molecule has 0 saturated heterocycles. The number of nitrogens with one attached hydrogen (secondary N) is 1. The van der Waals surface area contributed by atoms with Crippen molar-refractivity contribution in [3.8, 4) is 0 Å². The van der Waals surface area contributed by atoms with Crippen LogP contribution in [-0.4, -0.2) is 12.5 Å². The highest BCUT2D eigenvalue weighted by atomic mass is 19.4. The standard InChI is InChI=1S/C13H13F4NO/c14-11-5-4-9(6-10(11)13(15,16)17)12(19)18-7-8-2-1-3-8/h4-6,8H,1-3,7H2,(H,18,19). The van der Waals surface area contributed by atoms with Crippen LogP contribution in [0.25, 0.3) is 0 Å². The molecule has 2 nitrogen and oxygen atoms in total. The quantitative estimate of drug-likeness (QED) is 0.842. The summed E-state index contributed by atoms with van der Waals surface area (Å²) in [4.78, 5) is 11.7. The van der Waals surface area contributed by atoms with E-state index in [0.717, 1.165) is 25.3 Å². The number of carbonyl (C=O) groups is 1. The first kappa shape index (κ1) is 13.8. The second kappa shape index (κ2) is 5.19. The molecule has 0 atom stereocenters. The molecule has 0 aliphatic heterocycles. The highest BCUT2D eigenvalue weighted by Gasteiger charge is 2.34. The van der Waals surface area contributed by atoms with Gasteiger partial charge in [-0.3, -0.25) is 4.79 Å². The number of hydrogen-bond donors (Lipinski definition) is 1. The molecule has 2 rings (SSSR count). The third-order valence-corrected chi connectivity index (χ3v) is 3.31. The van der Waals surface area contributed by atoms with Gasteiger partial charge < -0.3 is 5.32 Å². The molecule has 6 heteroatoms. The first-order valence-corrected chi connectivity index (χ1v) is 6.03. The van der Waals surface area contributed by atoms with Gasteiger partial charge in [-0.05, 0) is 37.0 Å². The van der Waals surface area contributed by atoms with E-state index < -0.39 is 23.5 Å². The third-order valence-electron chi connectivity index (χ3n) is 3.31. The van der Waals surface area contributed by atoms with Crippen LogP contribution in [0.3, 0.4) is 0 Å². The van der Waals surface area contributed by atoms with E-state index in [-0.39, 0.29) is 5.56 Å². The molecule has 19 heavy (non-hydrogen) atoms. The van der Waals surface area contributed by atoms with Crippen LogP contribution in [0.4, 0.5) is 17.6 Å². The van der Waals surface area contributed by atoms with Crippen molar-refractivity contribution in [2.45, 2.75) is 25.4 Å². The molecule has 0 unspecified atom stereocenters. The van der Waals surface area contributed by atoms with E-state index >= 15 is 0 Å². The smallest absolute Gasteiger partial charge is 0.352 e. The second-order valence-corrected chi connectivity index (χ2v) is 4.70. The van der Waals surface area contributed by atoms with Gasteiger partial charge in [0, 0.05) is 12.1 Å². The van der Waals surface area contributed by atoms with Crippen LogP contribution in [0, 0.1) is 11.7 Å². The number of amides is 1. The molecule has 0 spiro atoms. The largest absolute Gasteiger partial charge is 0.419 e. The van der Waals surface area contributed by atoms with Gasteiger partial charge in [-0.2, -0.15) is 13.2 Å². The van der Waals surface area contributed by atoms with Crippen molar-refractivity contribution in [3.05, 3.63) is 35.1 Å². The SMILES string of the molecule is O=C(NCC1CCC1)c1ccc(F)c(C(F)(F)F)c1. The average Bonchev–Trinajstić information content (AvgIpc) is 2.25. The molecule has 1 aliphatic rings. The molecule has 104 valence electrons. The number of halogens is 4. The summed E-state index contributed by atoms with van der Waals surface area (Å²) in [6.07, 6.45) is -1.63. The van der Waals surface area contributed by atoms with E-state index in [1.807, 2.05) is 0 Å². The molecule has 0 radical (unpaired) electrons. The maximum Gasteiger partial charge on any atom is 0.419 e. The lowest BCUT2D eigenvalue weighted by atomic mass is 9.85. The summed E-state index contributed by atoms with van der Waals surface area (Å²) in [6.45, 7) is 0.456. The maximum absolute atomic E-state index is 13.1. The highest BCUT2D eigenvalue weighted by molar-refractivity contribution is 5.94. The van der Waals surface area contributed by atoms with Gasteiger partial charge in [-0.25, -0.2) is 4.39 Å². The first-order chi connectivity index (χ1) is 8.88. The Hall–Kier alpha value is -1.59. The second-order valence-electron chi connectivity index (χ2n) is 4.70. The number of carbonyl (C=O) groups excluding carboxylic acids is 1. The summed E-state index contributed by atoms with van der Waals surface area (Å²) in [7, 11) is 0. The Bertz CT molecular complexity index is 480. The first-order valence-electron chi connectivity index (χ1n) is 6.03. The van der Waals surface area contributed by atoms with Gasteiger partial charge in [-0.15, -0.1) is 0 Å². The zero-order valence-corrected chi connectivity index (χ0v) is 10.1. The van der Waals surface area contributed by atoms with Crippen LogP contribution < -0.4 is 5.32 Å². The van der Waals surface area contributed by atoms with Crippen molar-refractivity contribution >= 4 is 5.91 Å². The fraction of sp³-hybridized carbons (Fsp3) is 0.462. The monoisotopic (exact) mass is 275 g/mol. The molecular formula is C13H13F4NO. The van der Waals surface area contributed by atoms with Crippen molar-refractivity contribution in [3.63, 3.8) is 0 Å². The average molecular weight is 275 g/mol. The highest BCUT2D eigenvalue weighted by Crippen LogP contribution is 2.32. The maximum atomic E-state index is 13.1. The lowest BCUT2D eigenvalue weighted by Crippen LogP contribution is -2.32. The molecular weight excluding hydrogens is 262 g/mol. The van der Waals surface area contributed by atoms with Crippen molar-refractivity contribution in [1.82, 2.24) is 5.32 Å². The lowest BCUT2D eigenvalue weighted by molar-refractivity contribution is -0.140. The molecule has 1 saturated carbocycles. The van der Waals surface area contributed by atoms with Crippen LogP contribution in [0.15, 0.2) is 18.2 Å². The van der Waals surface area contributed by atoms with Crippen molar-refractivity contribution < 1.29 is 22.4 Å². The molecule has 1 aliphatic carbocycles. The summed E-state index contributed by atoms with van der Waals surface area (Å²) in [5, 5.41) is 2.57. The summed E-state index contributed by atoms with van der Waals surface area (Å²) in [5.41, 5.74) is -1.59. The van der Waals surface area contributed by atoms with Gasteiger partial charge in [0.05, 0.1) is 5.56 Å². The number of benzene rings is 1. The van der Waals surface area contributed by atoms with Crippen molar-refractivity contribution in [2.75, 3.05) is 6.54 Å². The van der Waals surface area contributed by atoms with Crippen LogP contribution in [0.2, 0.25) is 0 Å². The Morgan fingerprint density at radius 1 is 1.32 bits per heavy atom. The Balaban J connectivity index is 2.08. The molecule has 0 heterocycles. The van der Waals surface area contributed by atoms with Gasteiger partial charge in [0.15, 0.2) is 0 Å². The van der Waals surface area contributed by atoms with Gasteiger partial charge in [0.1, 0.15) is 5.82 Å².